The molecule has 3 atom stereocenters. The molecule has 3 heteroatoms. The van der Waals surface area contributed by atoms with Crippen molar-refractivity contribution < 1.29 is 4.74 Å². The lowest BCUT2D eigenvalue weighted by Gasteiger charge is -2.40. The molecule has 0 amide bonds. The zero-order valence-corrected chi connectivity index (χ0v) is 12.3. The van der Waals surface area contributed by atoms with Crippen LogP contribution in [0, 0.1) is 0 Å². The average Bonchev–Trinajstić information content (AvgIpc) is 2.39. The number of nitrogens with one attached hydrogen (secondary N) is 1. The van der Waals surface area contributed by atoms with Gasteiger partial charge in [-0.15, -0.1) is 0 Å². The molecule has 1 aromatic rings. The van der Waals surface area contributed by atoms with Crippen molar-refractivity contribution in [2.75, 3.05) is 26.2 Å². The van der Waals surface area contributed by atoms with Gasteiger partial charge in [-0.25, -0.2) is 0 Å². The van der Waals surface area contributed by atoms with Crippen LogP contribution in [-0.4, -0.2) is 43.3 Å². The molecule has 1 N–H and O–H groups in total. The Hall–Kier alpha value is -0.900. The molecule has 106 valence electrons. The fraction of sp³-hybridized carbons (Fsp3) is 0.625. The first kappa shape index (κ1) is 14.5. The summed E-state index contributed by atoms with van der Waals surface area (Å²) in [7, 11) is 0. The summed E-state index contributed by atoms with van der Waals surface area (Å²) in [6, 6.07) is 11.2. The number of likely N-dealkylation sites (N-methyl/N-ethyl adjacent to an activating group) is 1. The van der Waals surface area contributed by atoms with Crippen molar-refractivity contribution >= 4 is 0 Å². The van der Waals surface area contributed by atoms with Gasteiger partial charge in [0.05, 0.1) is 12.2 Å². The normalized spacial score (nSPS) is 26.3. The van der Waals surface area contributed by atoms with Crippen LogP contribution < -0.4 is 5.32 Å². The van der Waals surface area contributed by atoms with Gasteiger partial charge >= 0.3 is 0 Å². The van der Waals surface area contributed by atoms with Crippen molar-refractivity contribution in [1.29, 1.82) is 0 Å². The third-order valence-electron chi connectivity index (χ3n) is 3.66. The Kier molecular flexibility index (Phi) is 5.37. The smallest absolute Gasteiger partial charge is 0.0678 e. The molecule has 2 rings (SSSR count). The molecule has 0 saturated carbocycles. The number of nitrogens with zero attached hydrogens (tertiary/aromatic N) is 1. The quantitative estimate of drug-likeness (QED) is 0.882. The van der Waals surface area contributed by atoms with E-state index < -0.39 is 0 Å². The summed E-state index contributed by atoms with van der Waals surface area (Å²) < 4.78 is 5.84. The number of rotatable bonds is 5. The number of ether oxygens (including phenoxy) is 1. The van der Waals surface area contributed by atoms with Gasteiger partial charge in [0.25, 0.3) is 0 Å². The van der Waals surface area contributed by atoms with Crippen molar-refractivity contribution in [3.63, 3.8) is 0 Å². The largest absolute Gasteiger partial charge is 0.373 e. The second-order valence-electron chi connectivity index (χ2n) is 5.45. The van der Waals surface area contributed by atoms with Crippen LogP contribution in [0.5, 0.6) is 0 Å². The zero-order chi connectivity index (χ0) is 13.7. The molecule has 1 aliphatic rings. The Morgan fingerprint density at radius 3 is 2.42 bits per heavy atom. The summed E-state index contributed by atoms with van der Waals surface area (Å²) in [4.78, 5) is 2.55. The van der Waals surface area contributed by atoms with E-state index in [-0.39, 0.29) is 0 Å². The predicted molar refractivity (Wildman–Crippen MR) is 79.3 cm³/mol. The van der Waals surface area contributed by atoms with Gasteiger partial charge in [0.2, 0.25) is 0 Å². The van der Waals surface area contributed by atoms with Gasteiger partial charge in [-0.1, -0.05) is 37.3 Å². The SMILES string of the molecule is CCNCC(c1ccccc1)N1CC(C)OC(C)C1. The lowest BCUT2D eigenvalue weighted by molar-refractivity contribution is -0.0806. The van der Waals surface area contributed by atoms with E-state index in [1.54, 1.807) is 0 Å². The third-order valence-corrected chi connectivity index (χ3v) is 3.66. The molecule has 0 aromatic heterocycles. The molecule has 1 fully saturated rings. The molecule has 1 aliphatic heterocycles. The summed E-state index contributed by atoms with van der Waals surface area (Å²) >= 11 is 0. The van der Waals surface area contributed by atoms with E-state index >= 15 is 0 Å². The minimum absolute atomic E-state index is 0.316. The Bertz CT molecular complexity index is 358. The molecule has 3 unspecified atom stereocenters. The zero-order valence-electron chi connectivity index (χ0n) is 12.3. The number of hydrogen-bond acceptors (Lipinski definition) is 3. The van der Waals surface area contributed by atoms with E-state index in [1.807, 2.05) is 0 Å². The van der Waals surface area contributed by atoms with Crippen LogP contribution in [0.3, 0.4) is 0 Å². The van der Waals surface area contributed by atoms with Crippen LogP contribution in [0.2, 0.25) is 0 Å². The maximum absolute atomic E-state index is 5.84. The molecule has 0 bridgehead atoms. The van der Waals surface area contributed by atoms with Crippen molar-refractivity contribution in [3.8, 4) is 0 Å². The number of hydrogen-bond donors (Lipinski definition) is 1. The van der Waals surface area contributed by atoms with Crippen LogP contribution in [-0.2, 0) is 4.74 Å². The molecule has 3 nitrogen and oxygen atoms in total. The fourth-order valence-electron chi connectivity index (χ4n) is 2.89. The molecule has 0 radical (unpaired) electrons. The lowest BCUT2D eigenvalue weighted by Crippen LogP contribution is -2.49. The number of morpholine rings is 1. The average molecular weight is 262 g/mol. The fourth-order valence-corrected chi connectivity index (χ4v) is 2.89. The van der Waals surface area contributed by atoms with Gasteiger partial charge in [0, 0.05) is 25.7 Å². The van der Waals surface area contributed by atoms with Gasteiger partial charge in [-0.2, -0.15) is 0 Å². The van der Waals surface area contributed by atoms with Gasteiger partial charge in [0.15, 0.2) is 0 Å². The maximum Gasteiger partial charge on any atom is 0.0678 e. The van der Waals surface area contributed by atoms with Crippen LogP contribution >= 0.6 is 0 Å². The van der Waals surface area contributed by atoms with Crippen molar-refractivity contribution in [3.05, 3.63) is 35.9 Å². The Morgan fingerprint density at radius 1 is 1.21 bits per heavy atom. The summed E-state index contributed by atoms with van der Waals surface area (Å²) in [5.41, 5.74) is 1.39. The Balaban J connectivity index is 2.12. The summed E-state index contributed by atoms with van der Waals surface area (Å²) in [6.07, 6.45) is 0.633. The first-order valence-electron chi connectivity index (χ1n) is 7.36. The minimum atomic E-state index is 0.316. The summed E-state index contributed by atoms with van der Waals surface area (Å²) in [5, 5.41) is 3.49. The van der Waals surface area contributed by atoms with E-state index in [2.05, 4.69) is 61.3 Å². The van der Waals surface area contributed by atoms with E-state index in [0.717, 1.165) is 26.2 Å². The summed E-state index contributed by atoms with van der Waals surface area (Å²) in [6.45, 7) is 10.5. The minimum Gasteiger partial charge on any atom is -0.373 e. The Morgan fingerprint density at radius 2 is 1.84 bits per heavy atom. The van der Waals surface area contributed by atoms with E-state index in [9.17, 15) is 0 Å². The molecule has 1 saturated heterocycles. The molecule has 0 spiro atoms. The molecular weight excluding hydrogens is 236 g/mol. The van der Waals surface area contributed by atoms with Crippen LogP contribution in [0.25, 0.3) is 0 Å². The van der Waals surface area contributed by atoms with Crippen LogP contribution in [0.4, 0.5) is 0 Å². The third kappa shape index (κ3) is 4.03. The Labute approximate surface area is 116 Å². The highest BCUT2D eigenvalue weighted by molar-refractivity contribution is 5.19. The second-order valence-corrected chi connectivity index (χ2v) is 5.45. The topological polar surface area (TPSA) is 24.5 Å². The molecular formula is C16H26N2O. The highest BCUT2D eigenvalue weighted by atomic mass is 16.5. The van der Waals surface area contributed by atoms with Gasteiger partial charge in [0.1, 0.15) is 0 Å². The van der Waals surface area contributed by atoms with E-state index in [1.165, 1.54) is 5.56 Å². The standard InChI is InChI=1S/C16H26N2O/c1-4-17-10-16(15-8-6-5-7-9-15)18-11-13(2)19-14(3)12-18/h5-9,13-14,16-17H,4,10-12H2,1-3H3. The first-order valence-corrected chi connectivity index (χ1v) is 7.36. The molecule has 0 aliphatic carbocycles. The monoisotopic (exact) mass is 262 g/mol. The number of benzene rings is 1. The van der Waals surface area contributed by atoms with Crippen molar-refractivity contribution in [2.24, 2.45) is 0 Å². The van der Waals surface area contributed by atoms with Crippen molar-refractivity contribution in [2.45, 2.75) is 39.0 Å². The molecule has 1 aromatic carbocycles. The first-order chi connectivity index (χ1) is 9.20. The van der Waals surface area contributed by atoms with Gasteiger partial charge < -0.3 is 10.1 Å². The predicted octanol–water partition coefficient (Wildman–Crippen LogP) is 2.45. The van der Waals surface area contributed by atoms with Gasteiger partial charge in [-0.05, 0) is 26.0 Å². The van der Waals surface area contributed by atoms with Gasteiger partial charge in [-0.3, -0.25) is 4.90 Å². The lowest BCUT2D eigenvalue weighted by atomic mass is 10.0. The maximum atomic E-state index is 5.84. The highest BCUT2D eigenvalue weighted by Gasteiger charge is 2.28. The van der Waals surface area contributed by atoms with E-state index in [0.29, 0.717) is 18.2 Å². The van der Waals surface area contributed by atoms with E-state index in [4.69, 9.17) is 4.74 Å². The summed E-state index contributed by atoms with van der Waals surface area (Å²) in [5.74, 6) is 0. The van der Waals surface area contributed by atoms with Crippen LogP contribution in [0.15, 0.2) is 30.3 Å². The highest BCUT2D eigenvalue weighted by Crippen LogP contribution is 2.24. The van der Waals surface area contributed by atoms with Crippen molar-refractivity contribution in [1.82, 2.24) is 10.2 Å². The van der Waals surface area contributed by atoms with Crippen LogP contribution in [0.1, 0.15) is 32.4 Å². The second kappa shape index (κ2) is 7.04. The molecule has 1 heterocycles. The molecule has 19 heavy (non-hydrogen) atoms.